The van der Waals surface area contributed by atoms with Crippen molar-refractivity contribution in [1.82, 2.24) is 0 Å². The highest BCUT2D eigenvalue weighted by Crippen LogP contribution is 2.87. The molecule has 15 heavy (non-hydrogen) atoms. The summed E-state index contributed by atoms with van der Waals surface area (Å²) in [6.07, 6.45) is 2.37. The van der Waals surface area contributed by atoms with Crippen LogP contribution in [-0.2, 0) is 0 Å². The van der Waals surface area contributed by atoms with Gasteiger partial charge in [0.2, 0.25) is 0 Å². The molecule has 4 heteroatoms. The fourth-order valence-electron chi connectivity index (χ4n) is 6.20. The molecule has 0 heterocycles. The van der Waals surface area contributed by atoms with Gasteiger partial charge in [0.1, 0.15) is 0 Å². The lowest BCUT2D eigenvalue weighted by molar-refractivity contribution is -0.151. The fourth-order valence-corrected chi connectivity index (χ4v) is 6.20. The van der Waals surface area contributed by atoms with Crippen molar-refractivity contribution in [1.29, 1.82) is 0 Å². The summed E-state index contributed by atoms with van der Waals surface area (Å²) in [7, 11) is 0. The summed E-state index contributed by atoms with van der Waals surface area (Å²) in [4.78, 5) is 0. The van der Waals surface area contributed by atoms with Crippen molar-refractivity contribution in [2.75, 3.05) is 0 Å². The molecule has 7 rings (SSSR count). The molecule has 0 radical (unpaired) electrons. The molecule has 1 spiro atoms. The first-order chi connectivity index (χ1) is 7.34. The van der Waals surface area contributed by atoms with Gasteiger partial charge < -0.3 is 10.4 Å². The summed E-state index contributed by atoms with van der Waals surface area (Å²) < 4.78 is 0. The lowest BCUT2D eigenvalue weighted by atomic mass is 9.38. The van der Waals surface area contributed by atoms with E-state index in [-0.39, 0.29) is 5.41 Å². The van der Waals surface area contributed by atoms with Crippen molar-refractivity contribution in [2.24, 2.45) is 51.2 Å². The van der Waals surface area contributed by atoms with E-state index < -0.39 is 0 Å². The van der Waals surface area contributed by atoms with Crippen LogP contribution in [0, 0.1) is 40.9 Å². The van der Waals surface area contributed by atoms with Crippen molar-refractivity contribution >= 4 is 11.4 Å². The van der Waals surface area contributed by atoms with E-state index in [4.69, 9.17) is 5.21 Å². The van der Waals surface area contributed by atoms with Crippen LogP contribution >= 0.6 is 0 Å². The molecule has 0 aromatic heterocycles. The Morgan fingerprint density at radius 3 is 2.80 bits per heavy atom. The zero-order chi connectivity index (χ0) is 9.95. The third kappa shape index (κ3) is 0.404. The third-order valence-electron chi connectivity index (χ3n) is 6.21. The predicted molar refractivity (Wildman–Crippen MR) is 51.1 cm³/mol. The predicted octanol–water partition coefficient (Wildman–Crippen LogP) is 1.18. The Balaban J connectivity index is 1.84. The molecular formula is C11H12N2O2. The second kappa shape index (κ2) is 1.70. The van der Waals surface area contributed by atoms with Crippen molar-refractivity contribution in [3.05, 3.63) is 0 Å². The topological polar surface area (TPSA) is 65.2 Å². The van der Waals surface area contributed by atoms with E-state index in [1.807, 2.05) is 0 Å². The molecule has 7 atom stereocenters. The van der Waals surface area contributed by atoms with Crippen molar-refractivity contribution in [2.45, 2.75) is 12.8 Å². The van der Waals surface area contributed by atoms with Crippen LogP contribution in [0.5, 0.6) is 0 Å². The largest absolute Gasteiger partial charge is 0.411 e. The lowest BCUT2D eigenvalue weighted by Crippen LogP contribution is -2.64. The Bertz CT molecular complexity index is 450. The van der Waals surface area contributed by atoms with Crippen LogP contribution in [0.15, 0.2) is 10.3 Å². The quantitative estimate of drug-likeness (QED) is 0.459. The zero-order valence-electron chi connectivity index (χ0n) is 8.17. The molecule has 4 nitrogen and oxygen atoms in total. The monoisotopic (exact) mass is 204 g/mol. The highest BCUT2D eigenvalue weighted by molar-refractivity contribution is 6.13. The van der Waals surface area contributed by atoms with Gasteiger partial charge in [-0.3, -0.25) is 0 Å². The Hall–Kier alpha value is -1.06. The minimum absolute atomic E-state index is 0.156. The summed E-state index contributed by atoms with van der Waals surface area (Å²) in [5.41, 5.74) is 2.26. The van der Waals surface area contributed by atoms with E-state index in [0.29, 0.717) is 17.8 Å². The minimum atomic E-state index is 0.156. The number of rotatable bonds is 0. The Morgan fingerprint density at radius 1 is 1.20 bits per heavy atom. The van der Waals surface area contributed by atoms with Crippen molar-refractivity contribution < 1.29 is 10.4 Å². The summed E-state index contributed by atoms with van der Waals surface area (Å²) in [5, 5.41) is 25.4. The van der Waals surface area contributed by atoms with Crippen LogP contribution in [0.4, 0.5) is 0 Å². The van der Waals surface area contributed by atoms with Gasteiger partial charge in [0.25, 0.3) is 0 Å². The molecule has 0 saturated heterocycles. The normalized spacial score (nSPS) is 71.2. The van der Waals surface area contributed by atoms with Crippen LogP contribution in [0.3, 0.4) is 0 Å². The van der Waals surface area contributed by atoms with E-state index in [1.165, 1.54) is 12.8 Å². The molecule has 7 aliphatic rings. The highest BCUT2D eigenvalue weighted by Gasteiger charge is 2.88. The molecule has 78 valence electrons. The molecule has 7 saturated carbocycles. The first-order valence-electron chi connectivity index (χ1n) is 5.79. The van der Waals surface area contributed by atoms with Gasteiger partial charge in [0.15, 0.2) is 0 Å². The minimum Gasteiger partial charge on any atom is -0.411 e. The van der Waals surface area contributed by atoms with Gasteiger partial charge in [-0.15, -0.1) is 0 Å². The van der Waals surface area contributed by atoms with E-state index >= 15 is 0 Å². The Kier molecular flexibility index (Phi) is 0.822. The van der Waals surface area contributed by atoms with Crippen LogP contribution < -0.4 is 0 Å². The van der Waals surface area contributed by atoms with Crippen LogP contribution in [-0.4, -0.2) is 21.8 Å². The smallest absolute Gasteiger partial charge is 0.0682 e. The summed E-state index contributed by atoms with van der Waals surface area (Å²) >= 11 is 0. The van der Waals surface area contributed by atoms with Gasteiger partial charge in [0, 0.05) is 23.2 Å². The van der Waals surface area contributed by atoms with Crippen LogP contribution in [0.25, 0.3) is 0 Å². The average molecular weight is 204 g/mol. The summed E-state index contributed by atoms with van der Waals surface area (Å²) in [6, 6.07) is 0. The van der Waals surface area contributed by atoms with E-state index in [2.05, 4.69) is 10.3 Å². The molecule has 0 aromatic rings. The second-order valence-corrected chi connectivity index (χ2v) is 5.95. The number of nitrogens with zero attached hydrogens (tertiary/aromatic N) is 2. The molecule has 0 unspecified atom stereocenters. The van der Waals surface area contributed by atoms with Crippen molar-refractivity contribution in [3.63, 3.8) is 0 Å². The third-order valence-corrected chi connectivity index (χ3v) is 6.21. The first kappa shape index (κ1) is 7.25. The average Bonchev–Trinajstić information content (AvgIpc) is 2.64. The molecule has 0 aliphatic heterocycles. The number of hydrogen-bond acceptors (Lipinski definition) is 4. The van der Waals surface area contributed by atoms with Gasteiger partial charge in [-0.2, -0.15) is 0 Å². The van der Waals surface area contributed by atoms with Gasteiger partial charge >= 0.3 is 0 Å². The van der Waals surface area contributed by atoms with Crippen LogP contribution in [0.2, 0.25) is 0 Å². The SMILES string of the molecule is O/N=C1/[C@@H]2[C@H]3C[C@]14[C@H]3[C@H]1C[C@H]2/C(=N\O)[C@H]14. The molecule has 7 aliphatic carbocycles. The molecule has 7 bridgehead atoms. The maximum Gasteiger partial charge on any atom is 0.0682 e. The highest BCUT2D eigenvalue weighted by atomic mass is 16.4. The molecule has 7 fully saturated rings. The van der Waals surface area contributed by atoms with Crippen LogP contribution in [0.1, 0.15) is 12.8 Å². The number of hydrogen-bond donors (Lipinski definition) is 2. The van der Waals surface area contributed by atoms with E-state index in [0.717, 1.165) is 29.2 Å². The summed E-state index contributed by atoms with van der Waals surface area (Å²) in [6.45, 7) is 0. The first-order valence-corrected chi connectivity index (χ1v) is 5.79. The standard InChI is InChI=1S/C11H12N2O2/c14-12-9-3-1-4-7-5-2-11(7,8(4)9)10(13-15)6(3)5/h3-8,14-15H,1-2H2/b12-9+,13-10-/t3-,4-,5-,6+,7+,8+,11-/m1/s1. The van der Waals surface area contributed by atoms with Gasteiger partial charge in [0.05, 0.1) is 11.4 Å². The van der Waals surface area contributed by atoms with Gasteiger partial charge in [-0.1, -0.05) is 10.3 Å². The Morgan fingerprint density at radius 2 is 2.07 bits per heavy atom. The van der Waals surface area contributed by atoms with E-state index in [1.54, 1.807) is 0 Å². The maximum absolute atomic E-state index is 9.18. The molecule has 0 amide bonds. The molecule has 2 N–H and O–H groups in total. The van der Waals surface area contributed by atoms with Gasteiger partial charge in [-0.25, -0.2) is 0 Å². The summed E-state index contributed by atoms with van der Waals surface area (Å²) in [5.74, 6) is 3.51. The maximum atomic E-state index is 9.18. The molecule has 0 aromatic carbocycles. The number of oxime groups is 2. The second-order valence-electron chi connectivity index (χ2n) is 5.95. The fraction of sp³-hybridized carbons (Fsp3) is 0.818. The van der Waals surface area contributed by atoms with Gasteiger partial charge in [-0.05, 0) is 30.6 Å². The van der Waals surface area contributed by atoms with E-state index in [9.17, 15) is 5.21 Å². The zero-order valence-corrected chi connectivity index (χ0v) is 8.17. The lowest BCUT2D eigenvalue weighted by Gasteiger charge is -2.64. The van der Waals surface area contributed by atoms with Crippen molar-refractivity contribution in [3.8, 4) is 0 Å². The Labute approximate surface area is 86.6 Å². The molecular weight excluding hydrogens is 192 g/mol.